The molecule has 0 fully saturated rings. The van der Waals surface area contributed by atoms with E-state index in [1.54, 1.807) is 0 Å². The fourth-order valence-corrected chi connectivity index (χ4v) is 2.49. The van der Waals surface area contributed by atoms with E-state index in [0.29, 0.717) is 12.8 Å². The summed E-state index contributed by atoms with van der Waals surface area (Å²) < 4.78 is 0. The van der Waals surface area contributed by atoms with Crippen LogP contribution in [-0.2, 0) is 9.59 Å². The van der Waals surface area contributed by atoms with Gasteiger partial charge < -0.3 is 10.4 Å². The molecule has 130 valence electrons. The normalized spacial score (nSPS) is 10.6. The summed E-state index contributed by atoms with van der Waals surface area (Å²) in [5, 5.41) is 11.5. The van der Waals surface area contributed by atoms with Crippen LogP contribution in [0.2, 0.25) is 0 Å². The van der Waals surface area contributed by atoms with Gasteiger partial charge in [-0.1, -0.05) is 64.7 Å². The molecule has 0 heterocycles. The van der Waals surface area contributed by atoms with Crippen LogP contribution in [0, 0.1) is 0 Å². The Morgan fingerprint density at radius 2 is 1.23 bits per heavy atom. The number of carboxylic acids is 1. The van der Waals surface area contributed by atoms with Crippen LogP contribution in [0.15, 0.2) is 0 Å². The minimum Gasteiger partial charge on any atom is -0.481 e. The largest absolute Gasteiger partial charge is 0.481 e. The summed E-state index contributed by atoms with van der Waals surface area (Å²) in [4.78, 5) is 21.9. The van der Waals surface area contributed by atoms with E-state index in [2.05, 4.69) is 12.2 Å². The molecule has 2 N–H and O–H groups in total. The first-order chi connectivity index (χ1) is 10.7. The predicted octanol–water partition coefficient (Wildman–Crippen LogP) is 4.67. The second-order valence-corrected chi connectivity index (χ2v) is 6.13. The standard InChI is InChI=1S/C18H35NO3/c1-2-3-4-11-14-17(20)19-16-13-10-8-6-5-7-9-12-15-18(21)22/h2-16H2,1H3,(H,19,20)(H,21,22). The number of carbonyl (C=O) groups excluding carboxylic acids is 1. The topological polar surface area (TPSA) is 66.4 Å². The molecule has 0 rings (SSSR count). The molecule has 0 saturated carbocycles. The molecule has 0 aromatic rings. The Kier molecular flexibility index (Phi) is 15.5. The number of aliphatic carboxylic acids is 1. The van der Waals surface area contributed by atoms with Gasteiger partial charge in [-0.25, -0.2) is 0 Å². The van der Waals surface area contributed by atoms with Gasteiger partial charge in [-0.15, -0.1) is 0 Å². The Balaban J connectivity index is 3.13. The molecular formula is C18H35NO3. The van der Waals surface area contributed by atoms with Gasteiger partial charge in [-0.05, 0) is 19.3 Å². The minimum atomic E-state index is -0.688. The molecule has 22 heavy (non-hydrogen) atoms. The minimum absolute atomic E-state index is 0.203. The SMILES string of the molecule is CCCCCCC(=O)NCCCCCCCCCCC(=O)O. The zero-order valence-electron chi connectivity index (χ0n) is 14.4. The lowest BCUT2D eigenvalue weighted by molar-refractivity contribution is -0.137. The van der Waals surface area contributed by atoms with Crippen LogP contribution < -0.4 is 5.32 Å². The molecule has 0 aliphatic heterocycles. The van der Waals surface area contributed by atoms with Crippen LogP contribution in [0.25, 0.3) is 0 Å². The van der Waals surface area contributed by atoms with Crippen LogP contribution in [-0.4, -0.2) is 23.5 Å². The number of hydrogen-bond acceptors (Lipinski definition) is 2. The molecule has 1 amide bonds. The smallest absolute Gasteiger partial charge is 0.303 e. The van der Waals surface area contributed by atoms with E-state index >= 15 is 0 Å². The lowest BCUT2D eigenvalue weighted by atomic mass is 10.1. The molecule has 0 aliphatic carbocycles. The first kappa shape index (κ1) is 20.9. The van der Waals surface area contributed by atoms with Crippen LogP contribution in [0.4, 0.5) is 0 Å². The Bertz CT molecular complexity index is 280. The van der Waals surface area contributed by atoms with Crippen molar-refractivity contribution in [1.82, 2.24) is 5.32 Å². The lowest BCUT2D eigenvalue weighted by Crippen LogP contribution is -2.23. The van der Waals surface area contributed by atoms with Crippen molar-refractivity contribution in [2.75, 3.05) is 6.54 Å². The van der Waals surface area contributed by atoms with Crippen molar-refractivity contribution in [3.8, 4) is 0 Å². The highest BCUT2D eigenvalue weighted by molar-refractivity contribution is 5.75. The average molecular weight is 313 g/mol. The second-order valence-electron chi connectivity index (χ2n) is 6.13. The van der Waals surface area contributed by atoms with Crippen LogP contribution in [0.1, 0.15) is 96.8 Å². The van der Waals surface area contributed by atoms with Crippen LogP contribution >= 0.6 is 0 Å². The number of unbranched alkanes of at least 4 members (excludes halogenated alkanes) is 10. The lowest BCUT2D eigenvalue weighted by Gasteiger charge is -2.05. The molecule has 4 nitrogen and oxygen atoms in total. The summed E-state index contributed by atoms with van der Waals surface area (Å²) >= 11 is 0. The number of nitrogens with one attached hydrogen (secondary N) is 1. The van der Waals surface area contributed by atoms with Gasteiger partial charge in [0.25, 0.3) is 0 Å². The van der Waals surface area contributed by atoms with E-state index in [9.17, 15) is 9.59 Å². The molecule has 0 saturated heterocycles. The quantitative estimate of drug-likeness (QED) is 0.407. The zero-order valence-corrected chi connectivity index (χ0v) is 14.4. The molecule has 0 spiro atoms. The van der Waals surface area contributed by atoms with E-state index in [1.807, 2.05) is 0 Å². The van der Waals surface area contributed by atoms with Gasteiger partial charge in [0, 0.05) is 19.4 Å². The van der Waals surface area contributed by atoms with Gasteiger partial charge in [-0.2, -0.15) is 0 Å². The summed E-state index contributed by atoms with van der Waals surface area (Å²) in [6, 6.07) is 0. The highest BCUT2D eigenvalue weighted by Gasteiger charge is 2.00. The highest BCUT2D eigenvalue weighted by atomic mass is 16.4. The van der Waals surface area contributed by atoms with Crippen molar-refractivity contribution in [2.24, 2.45) is 0 Å². The van der Waals surface area contributed by atoms with Crippen molar-refractivity contribution in [1.29, 1.82) is 0 Å². The average Bonchev–Trinajstić information content (AvgIpc) is 2.49. The van der Waals surface area contributed by atoms with Crippen LogP contribution in [0.3, 0.4) is 0 Å². The molecule has 0 aromatic heterocycles. The summed E-state index contributed by atoms with van der Waals surface area (Å²) in [7, 11) is 0. The van der Waals surface area contributed by atoms with Crippen molar-refractivity contribution < 1.29 is 14.7 Å². The number of carboxylic acid groups (broad SMARTS) is 1. The van der Waals surface area contributed by atoms with Crippen molar-refractivity contribution >= 4 is 11.9 Å². The molecular weight excluding hydrogens is 278 g/mol. The molecule has 0 aliphatic rings. The predicted molar refractivity (Wildman–Crippen MR) is 91.0 cm³/mol. The maximum absolute atomic E-state index is 11.5. The number of amides is 1. The van der Waals surface area contributed by atoms with Gasteiger partial charge in [0.05, 0.1) is 0 Å². The Morgan fingerprint density at radius 1 is 0.727 bits per heavy atom. The molecule has 0 unspecified atom stereocenters. The highest BCUT2D eigenvalue weighted by Crippen LogP contribution is 2.09. The van der Waals surface area contributed by atoms with E-state index < -0.39 is 5.97 Å². The fourth-order valence-electron chi connectivity index (χ4n) is 2.49. The third-order valence-electron chi connectivity index (χ3n) is 3.90. The van der Waals surface area contributed by atoms with Crippen molar-refractivity contribution in [3.63, 3.8) is 0 Å². The summed E-state index contributed by atoms with van der Waals surface area (Å²) in [6.45, 7) is 2.99. The van der Waals surface area contributed by atoms with Crippen molar-refractivity contribution in [2.45, 2.75) is 96.8 Å². The maximum Gasteiger partial charge on any atom is 0.303 e. The number of carbonyl (C=O) groups is 2. The van der Waals surface area contributed by atoms with E-state index in [1.165, 1.54) is 38.5 Å². The Labute approximate surface area is 136 Å². The van der Waals surface area contributed by atoms with Gasteiger partial charge in [-0.3, -0.25) is 9.59 Å². The summed E-state index contributed by atoms with van der Waals surface area (Å²) in [6.07, 6.45) is 14.4. The van der Waals surface area contributed by atoms with Gasteiger partial charge in [0.2, 0.25) is 5.91 Å². The van der Waals surface area contributed by atoms with E-state index in [0.717, 1.165) is 45.1 Å². The maximum atomic E-state index is 11.5. The fraction of sp³-hybridized carbons (Fsp3) is 0.889. The molecule has 0 radical (unpaired) electrons. The molecule has 4 heteroatoms. The number of hydrogen-bond donors (Lipinski definition) is 2. The third kappa shape index (κ3) is 17.0. The first-order valence-corrected chi connectivity index (χ1v) is 9.15. The molecule has 0 atom stereocenters. The van der Waals surface area contributed by atoms with E-state index in [4.69, 9.17) is 5.11 Å². The number of rotatable bonds is 16. The van der Waals surface area contributed by atoms with Gasteiger partial charge in [0.1, 0.15) is 0 Å². The van der Waals surface area contributed by atoms with E-state index in [-0.39, 0.29) is 5.91 Å². The summed E-state index contributed by atoms with van der Waals surface area (Å²) in [5.74, 6) is -0.484. The van der Waals surface area contributed by atoms with Gasteiger partial charge in [0.15, 0.2) is 0 Å². The monoisotopic (exact) mass is 313 g/mol. The molecule has 0 bridgehead atoms. The van der Waals surface area contributed by atoms with Crippen LogP contribution in [0.5, 0.6) is 0 Å². The van der Waals surface area contributed by atoms with Gasteiger partial charge >= 0.3 is 5.97 Å². The zero-order chi connectivity index (χ0) is 16.5. The molecule has 0 aromatic carbocycles. The Morgan fingerprint density at radius 3 is 1.82 bits per heavy atom. The van der Waals surface area contributed by atoms with Crippen molar-refractivity contribution in [3.05, 3.63) is 0 Å². The Hall–Kier alpha value is -1.06. The second kappa shape index (κ2) is 16.3. The third-order valence-corrected chi connectivity index (χ3v) is 3.90. The first-order valence-electron chi connectivity index (χ1n) is 9.15. The summed E-state index contributed by atoms with van der Waals surface area (Å²) in [5.41, 5.74) is 0.